The van der Waals surface area contributed by atoms with Crippen LogP contribution in [0.5, 0.6) is 0 Å². The van der Waals surface area contributed by atoms with Crippen molar-refractivity contribution in [2.75, 3.05) is 13.3 Å². The average Bonchev–Trinajstić information content (AvgIpc) is 2.29. The second kappa shape index (κ2) is 5.84. The molecule has 0 fully saturated rings. The lowest BCUT2D eigenvalue weighted by molar-refractivity contribution is 0.0696. The molecule has 0 radical (unpaired) electrons. The van der Waals surface area contributed by atoms with Crippen molar-refractivity contribution >= 4 is 11.9 Å². The van der Waals surface area contributed by atoms with Crippen LogP contribution in [0.25, 0.3) is 0 Å². The molecule has 6 heteroatoms. The third-order valence-corrected chi connectivity index (χ3v) is 1.91. The van der Waals surface area contributed by atoms with Gasteiger partial charge in [-0.3, -0.25) is 10.1 Å². The second-order valence-electron chi connectivity index (χ2n) is 3.02. The molecule has 1 aromatic carbocycles. The SMILES string of the molecule is NCNCNC(=O)c1ccc(C(=O)O)cc1. The first kappa shape index (κ1) is 12.2. The van der Waals surface area contributed by atoms with Gasteiger partial charge in [0.25, 0.3) is 5.91 Å². The van der Waals surface area contributed by atoms with Crippen molar-refractivity contribution in [2.24, 2.45) is 5.73 Å². The van der Waals surface area contributed by atoms with E-state index < -0.39 is 5.97 Å². The molecule has 0 aliphatic carbocycles. The lowest BCUT2D eigenvalue weighted by atomic mass is 10.1. The minimum atomic E-state index is -1.02. The van der Waals surface area contributed by atoms with Crippen molar-refractivity contribution in [2.45, 2.75) is 0 Å². The molecule has 0 atom stereocenters. The van der Waals surface area contributed by atoms with E-state index in [0.29, 0.717) is 5.56 Å². The summed E-state index contributed by atoms with van der Waals surface area (Å²) in [4.78, 5) is 22.0. The summed E-state index contributed by atoms with van der Waals surface area (Å²) >= 11 is 0. The monoisotopic (exact) mass is 223 g/mol. The van der Waals surface area contributed by atoms with Crippen LogP contribution in [0.2, 0.25) is 0 Å². The van der Waals surface area contributed by atoms with E-state index in [9.17, 15) is 9.59 Å². The van der Waals surface area contributed by atoms with Crippen molar-refractivity contribution in [1.29, 1.82) is 0 Å². The van der Waals surface area contributed by atoms with Gasteiger partial charge in [-0.2, -0.15) is 0 Å². The number of aromatic carboxylic acids is 1. The summed E-state index contributed by atoms with van der Waals surface area (Å²) < 4.78 is 0. The zero-order chi connectivity index (χ0) is 12.0. The van der Waals surface area contributed by atoms with Gasteiger partial charge in [-0.05, 0) is 24.3 Å². The summed E-state index contributed by atoms with van der Waals surface area (Å²) in [5.74, 6) is -1.30. The second-order valence-corrected chi connectivity index (χ2v) is 3.02. The molecule has 1 amide bonds. The largest absolute Gasteiger partial charge is 0.478 e. The molecule has 0 bridgehead atoms. The molecule has 1 rings (SSSR count). The van der Waals surface area contributed by atoms with Crippen LogP contribution in [0.4, 0.5) is 0 Å². The number of carbonyl (C=O) groups excluding carboxylic acids is 1. The molecule has 0 aliphatic heterocycles. The predicted molar refractivity (Wildman–Crippen MR) is 57.9 cm³/mol. The summed E-state index contributed by atoms with van der Waals surface area (Å²) in [7, 11) is 0. The number of carboxylic acids is 1. The number of nitrogens with two attached hydrogens (primary N) is 1. The van der Waals surface area contributed by atoms with Crippen LogP contribution in [-0.4, -0.2) is 30.3 Å². The van der Waals surface area contributed by atoms with Gasteiger partial charge in [-0.1, -0.05) is 0 Å². The molecule has 6 nitrogen and oxygen atoms in total. The molecule has 0 unspecified atom stereocenters. The van der Waals surface area contributed by atoms with Crippen molar-refractivity contribution < 1.29 is 14.7 Å². The molecule has 0 aliphatic rings. The van der Waals surface area contributed by atoms with E-state index in [4.69, 9.17) is 10.8 Å². The summed E-state index contributed by atoms with van der Waals surface area (Å²) in [6, 6.07) is 5.68. The topological polar surface area (TPSA) is 104 Å². The molecule has 5 N–H and O–H groups in total. The number of hydrogen-bond acceptors (Lipinski definition) is 4. The van der Waals surface area contributed by atoms with Gasteiger partial charge in [0.2, 0.25) is 0 Å². The minimum Gasteiger partial charge on any atom is -0.478 e. The van der Waals surface area contributed by atoms with Crippen LogP contribution < -0.4 is 16.4 Å². The number of hydrogen-bond donors (Lipinski definition) is 4. The van der Waals surface area contributed by atoms with Gasteiger partial charge in [-0.15, -0.1) is 0 Å². The van der Waals surface area contributed by atoms with E-state index >= 15 is 0 Å². The van der Waals surface area contributed by atoms with Gasteiger partial charge in [-0.25, -0.2) is 4.79 Å². The normalized spacial score (nSPS) is 9.81. The molecule has 86 valence electrons. The quantitative estimate of drug-likeness (QED) is 0.401. The number of nitrogens with one attached hydrogen (secondary N) is 2. The van der Waals surface area contributed by atoms with Crippen LogP contribution in [0.15, 0.2) is 24.3 Å². The maximum absolute atomic E-state index is 11.5. The Bertz CT molecular complexity index is 375. The van der Waals surface area contributed by atoms with Gasteiger partial charge < -0.3 is 16.2 Å². The van der Waals surface area contributed by atoms with Gasteiger partial charge >= 0.3 is 5.97 Å². The summed E-state index contributed by atoms with van der Waals surface area (Å²) in [5, 5.41) is 14.0. The van der Waals surface area contributed by atoms with E-state index in [1.807, 2.05) is 0 Å². The zero-order valence-corrected chi connectivity index (χ0v) is 8.56. The molecule has 16 heavy (non-hydrogen) atoms. The zero-order valence-electron chi connectivity index (χ0n) is 8.56. The van der Waals surface area contributed by atoms with Crippen LogP contribution in [0.1, 0.15) is 20.7 Å². The summed E-state index contributed by atoms with van der Waals surface area (Å²) in [5.41, 5.74) is 5.73. The fourth-order valence-corrected chi connectivity index (χ4v) is 1.08. The number of rotatable bonds is 5. The molecule has 0 spiro atoms. The first-order chi connectivity index (χ1) is 7.65. The lowest BCUT2D eigenvalue weighted by Gasteiger charge is -2.05. The highest BCUT2D eigenvalue weighted by atomic mass is 16.4. The summed E-state index contributed by atoms with van der Waals surface area (Å²) in [6.45, 7) is 0.550. The number of carbonyl (C=O) groups is 2. The molecule has 1 aromatic rings. The van der Waals surface area contributed by atoms with E-state index in [1.165, 1.54) is 24.3 Å². The van der Waals surface area contributed by atoms with E-state index in [0.717, 1.165) is 0 Å². The molecular formula is C10H13N3O3. The highest BCUT2D eigenvalue weighted by molar-refractivity contribution is 5.95. The van der Waals surface area contributed by atoms with Crippen LogP contribution in [0, 0.1) is 0 Å². The lowest BCUT2D eigenvalue weighted by Crippen LogP contribution is -2.36. The molecular weight excluding hydrogens is 210 g/mol. The Labute approximate surface area is 92.4 Å². The van der Waals surface area contributed by atoms with Gasteiger partial charge in [0.05, 0.1) is 12.2 Å². The molecule has 0 saturated carbocycles. The third kappa shape index (κ3) is 3.34. The van der Waals surface area contributed by atoms with Gasteiger partial charge in [0, 0.05) is 12.2 Å². The Morgan fingerprint density at radius 2 is 1.75 bits per heavy atom. The highest BCUT2D eigenvalue weighted by Crippen LogP contribution is 2.04. The van der Waals surface area contributed by atoms with Crippen LogP contribution in [0.3, 0.4) is 0 Å². The Hall–Kier alpha value is -1.92. The van der Waals surface area contributed by atoms with Crippen molar-refractivity contribution in [3.8, 4) is 0 Å². The molecule has 0 saturated heterocycles. The fourth-order valence-electron chi connectivity index (χ4n) is 1.08. The fraction of sp³-hybridized carbons (Fsp3) is 0.200. The predicted octanol–water partition coefficient (Wildman–Crippen LogP) is -0.422. The highest BCUT2D eigenvalue weighted by Gasteiger charge is 2.06. The van der Waals surface area contributed by atoms with Crippen molar-refractivity contribution in [3.05, 3.63) is 35.4 Å². The van der Waals surface area contributed by atoms with Crippen LogP contribution in [-0.2, 0) is 0 Å². The number of carboxylic acid groups (broad SMARTS) is 1. The van der Waals surface area contributed by atoms with Gasteiger partial charge in [0.15, 0.2) is 0 Å². The van der Waals surface area contributed by atoms with Crippen LogP contribution >= 0.6 is 0 Å². The average molecular weight is 223 g/mol. The first-order valence-corrected chi connectivity index (χ1v) is 4.67. The maximum Gasteiger partial charge on any atom is 0.335 e. The van der Waals surface area contributed by atoms with E-state index in [2.05, 4.69) is 10.6 Å². The smallest absolute Gasteiger partial charge is 0.335 e. The number of benzene rings is 1. The first-order valence-electron chi connectivity index (χ1n) is 4.67. The van der Waals surface area contributed by atoms with Crippen molar-refractivity contribution in [3.63, 3.8) is 0 Å². The Morgan fingerprint density at radius 1 is 1.19 bits per heavy atom. The van der Waals surface area contributed by atoms with E-state index in [1.54, 1.807) is 0 Å². The van der Waals surface area contributed by atoms with Crippen molar-refractivity contribution in [1.82, 2.24) is 10.6 Å². The Kier molecular flexibility index (Phi) is 4.43. The molecule has 0 aromatic heterocycles. The third-order valence-electron chi connectivity index (χ3n) is 1.91. The maximum atomic E-state index is 11.5. The standard InChI is InChI=1S/C10H13N3O3/c11-5-12-6-13-9(14)7-1-3-8(4-2-7)10(15)16/h1-4,12H,5-6,11H2,(H,13,14)(H,15,16). The number of amides is 1. The van der Waals surface area contributed by atoms with Gasteiger partial charge in [0.1, 0.15) is 0 Å². The summed E-state index contributed by atoms with van der Waals surface area (Å²) in [6.07, 6.45) is 0. The molecule has 0 heterocycles. The Morgan fingerprint density at radius 3 is 2.25 bits per heavy atom. The Balaban J connectivity index is 2.59. The minimum absolute atomic E-state index is 0.150. The van der Waals surface area contributed by atoms with E-state index in [-0.39, 0.29) is 24.8 Å².